The largest absolute Gasteiger partial charge is 0.454 e. The predicted molar refractivity (Wildman–Crippen MR) is 272 cm³/mol. The van der Waals surface area contributed by atoms with Gasteiger partial charge in [0.1, 0.15) is 44.6 Å². The predicted octanol–water partition coefficient (Wildman–Crippen LogP) is 16.8. The number of thiophene rings is 2. The van der Waals surface area contributed by atoms with Crippen molar-refractivity contribution >= 4 is 100 Å². The lowest BCUT2D eigenvalue weighted by atomic mass is 9.97. The summed E-state index contributed by atoms with van der Waals surface area (Å²) < 4.78 is 32.2. The van der Waals surface area contributed by atoms with Crippen molar-refractivity contribution in [2.75, 3.05) is 11.5 Å². The molecule has 8 nitrogen and oxygen atoms in total. The van der Waals surface area contributed by atoms with Gasteiger partial charge in [-0.15, -0.1) is 22.7 Å². The maximum atomic E-state index is 6.32. The van der Waals surface area contributed by atoms with Crippen LogP contribution in [0.3, 0.4) is 0 Å². The van der Waals surface area contributed by atoms with Gasteiger partial charge in [0.25, 0.3) is 0 Å². The van der Waals surface area contributed by atoms with Crippen molar-refractivity contribution < 1.29 is 8.83 Å². The quantitative estimate of drug-likeness (QED) is 0.0889. The molecular formula is C51H50N6O2S5. The Balaban J connectivity index is 1.06. The molecule has 0 saturated heterocycles. The number of unbranched alkanes of at least 4 members (excludes halogenated alkanes) is 2. The molecule has 0 spiro atoms. The van der Waals surface area contributed by atoms with E-state index in [-0.39, 0.29) is 0 Å². The summed E-state index contributed by atoms with van der Waals surface area (Å²) in [7, 11) is -1.45. The van der Waals surface area contributed by atoms with Crippen molar-refractivity contribution in [3.63, 3.8) is 0 Å². The fraction of sp³-hybridized carbons (Fsp3) is 0.333. The van der Waals surface area contributed by atoms with Crippen molar-refractivity contribution in [3.8, 4) is 53.5 Å². The summed E-state index contributed by atoms with van der Waals surface area (Å²) in [5.74, 6) is 5.22. The molecule has 9 heterocycles. The van der Waals surface area contributed by atoms with Crippen LogP contribution in [0.5, 0.6) is 0 Å². The molecule has 0 aliphatic carbocycles. The standard InChI is InChI=1S/C51H50N6O2S5/c1-5-9-15-30(7-3)21-22-64(29-31(8-4)16-10-6-2)42-25-40(34-27-52-46(48-44(34)54-62-56-48)38-23-32-17-11-13-19-36(32)58-38)60-50(42)51-43(64)26-41(61-51)35-28-53-47(49-45(35)55-63-57-49)39-24-33-18-12-14-20-37(33)59-39/h11-14,17-20,23-28,30-31H,5-10,15-16,21-22,29H2,1-4H3. The van der Waals surface area contributed by atoms with Crippen molar-refractivity contribution in [2.24, 2.45) is 11.8 Å². The molecule has 8 aromatic heterocycles. The summed E-state index contributed by atoms with van der Waals surface area (Å²) >= 11 is 6.33. The molecule has 2 aromatic carbocycles. The number of aromatic nitrogens is 6. The summed E-state index contributed by atoms with van der Waals surface area (Å²) in [6, 6.07) is 25.4. The molecule has 326 valence electrons. The van der Waals surface area contributed by atoms with Gasteiger partial charge in [-0.25, -0.2) is 9.97 Å². The van der Waals surface area contributed by atoms with Gasteiger partial charge in [-0.05, 0) is 72.6 Å². The summed E-state index contributed by atoms with van der Waals surface area (Å²) in [5.41, 5.74) is 8.60. The van der Waals surface area contributed by atoms with Gasteiger partial charge in [0.05, 0.1) is 33.2 Å². The smallest absolute Gasteiger partial charge is 0.156 e. The Morgan fingerprint density at radius 2 is 1.05 bits per heavy atom. The van der Waals surface area contributed by atoms with Gasteiger partial charge in [-0.2, -0.15) is 27.5 Å². The third-order valence-electron chi connectivity index (χ3n) is 13.4. The minimum absolute atomic E-state index is 0.648. The molecule has 0 bridgehead atoms. The highest BCUT2D eigenvalue weighted by atomic mass is 32.3. The zero-order valence-corrected chi connectivity index (χ0v) is 40.6. The van der Waals surface area contributed by atoms with Crippen LogP contribution in [-0.2, 0) is 0 Å². The molecule has 0 N–H and O–H groups in total. The molecular weight excluding hydrogens is 889 g/mol. The van der Waals surface area contributed by atoms with Gasteiger partial charge in [0.15, 0.2) is 11.5 Å². The highest BCUT2D eigenvalue weighted by Gasteiger charge is 2.44. The lowest BCUT2D eigenvalue weighted by Crippen LogP contribution is -2.18. The first-order valence-electron chi connectivity index (χ1n) is 22.8. The maximum absolute atomic E-state index is 6.32. The topological polar surface area (TPSA) is 104 Å². The summed E-state index contributed by atoms with van der Waals surface area (Å²) in [6.45, 7) is 9.48. The number of fused-ring (bicyclic) bond motifs is 7. The Labute approximate surface area is 391 Å². The molecule has 11 rings (SSSR count). The van der Waals surface area contributed by atoms with Crippen LogP contribution in [0.2, 0.25) is 0 Å². The van der Waals surface area contributed by atoms with E-state index in [1.54, 1.807) is 9.79 Å². The van der Waals surface area contributed by atoms with E-state index in [9.17, 15) is 0 Å². The highest BCUT2D eigenvalue weighted by molar-refractivity contribution is 8.34. The zero-order valence-electron chi connectivity index (χ0n) is 36.6. The van der Waals surface area contributed by atoms with E-state index < -0.39 is 10.0 Å². The van der Waals surface area contributed by atoms with Crippen LogP contribution in [0, 0.1) is 11.8 Å². The van der Waals surface area contributed by atoms with Gasteiger partial charge < -0.3 is 8.83 Å². The average molecular weight is 939 g/mol. The minimum atomic E-state index is -1.45. The summed E-state index contributed by atoms with van der Waals surface area (Å²) in [6.07, 6.45) is 15.3. The van der Waals surface area contributed by atoms with E-state index in [1.807, 2.05) is 71.5 Å². The molecule has 1 aliphatic heterocycles. The SMILES string of the molecule is CCCCC(CC)CCS1(CC(CC)CCCC)c2cc(-c3cnc(-c4cc5ccccc5o4)c4nsnc34)sc2-c2sc(-c3cnc(-c4cc5ccccc5o4)c4nsnc34)cc21. The van der Waals surface area contributed by atoms with E-state index in [4.69, 9.17) is 36.3 Å². The first kappa shape index (κ1) is 41.9. The number of pyridine rings is 2. The Kier molecular flexibility index (Phi) is 11.5. The molecule has 0 radical (unpaired) electrons. The maximum Gasteiger partial charge on any atom is 0.156 e. The number of para-hydroxylation sites is 2. The number of rotatable bonds is 17. The number of hydrogen-bond donors (Lipinski definition) is 0. The van der Waals surface area contributed by atoms with E-state index in [0.717, 1.165) is 72.4 Å². The molecule has 0 amide bonds. The van der Waals surface area contributed by atoms with Gasteiger partial charge in [-0.1, -0.05) is 109 Å². The molecule has 13 heteroatoms. The molecule has 0 saturated carbocycles. The van der Waals surface area contributed by atoms with E-state index in [1.165, 1.54) is 112 Å². The minimum Gasteiger partial charge on any atom is -0.454 e. The monoisotopic (exact) mass is 938 g/mol. The Hall–Kier alpha value is -4.79. The Bertz CT molecular complexity index is 3020. The van der Waals surface area contributed by atoms with E-state index in [0.29, 0.717) is 17.4 Å². The molecule has 64 heavy (non-hydrogen) atoms. The highest BCUT2D eigenvalue weighted by Crippen LogP contribution is 2.77. The average Bonchev–Trinajstić information content (AvgIpc) is 4.19. The van der Waals surface area contributed by atoms with Crippen LogP contribution >= 0.6 is 56.2 Å². The third kappa shape index (κ3) is 7.22. The number of furan rings is 2. The van der Waals surface area contributed by atoms with Gasteiger partial charge >= 0.3 is 0 Å². The lowest BCUT2D eigenvalue weighted by molar-refractivity contribution is 0.440. The lowest BCUT2D eigenvalue weighted by Gasteiger charge is -2.41. The summed E-state index contributed by atoms with van der Waals surface area (Å²) in [5, 5.41) is 2.10. The van der Waals surface area contributed by atoms with Crippen molar-refractivity contribution in [3.05, 3.63) is 85.2 Å². The second kappa shape index (κ2) is 17.5. The molecule has 2 atom stereocenters. The van der Waals surface area contributed by atoms with Gasteiger partial charge in [0.2, 0.25) is 0 Å². The second-order valence-electron chi connectivity index (χ2n) is 17.2. The molecule has 0 fully saturated rings. The van der Waals surface area contributed by atoms with E-state index in [2.05, 4.69) is 64.1 Å². The van der Waals surface area contributed by atoms with E-state index >= 15 is 0 Å². The van der Waals surface area contributed by atoms with Crippen LogP contribution in [0.15, 0.2) is 104 Å². The van der Waals surface area contributed by atoms with Gasteiger partial charge in [-0.3, -0.25) is 0 Å². The zero-order chi connectivity index (χ0) is 43.4. The first-order chi connectivity index (χ1) is 31.5. The van der Waals surface area contributed by atoms with Crippen molar-refractivity contribution in [1.29, 1.82) is 0 Å². The third-order valence-corrected chi connectivity index (χ3v) is 21.5. The Morgan fingerprint density at radius 1 is 0.562 bits per heavy atom. The summed E-state index contributed by atoms with van der Waals surface area (Å²) in [4.78, 5) is 18.6. The van der Waals surface area contributed by atoms with Gasteiger partial charge in [0, 0.05) is 53.8 Å². The fourth-order valence-electron chi connectivity index (χ4n) is 9.69. The number of hydrogen-bond acceptors (Lipinski definition) is 12. The number of benzene rings is 2. The second-order valence-corrected chi connectivity index (χ2v) is 23.8. The normalized spacial score (nSPS) is 14.8. The molecule has 2 unspecified atom stereocenters. The van der Waals surface area contributed by atoms with Crippen LogP contribution in [0.25, 0.3) is 97.5 Å². The first-order valence-corrected chi connectivity index (χ1v) is 27.8. The van der Waals surface area contributed by atoms with Crippen molar-refractivity contribution in [1.82, 2.24) is 27.5 Å². The molecule has 10 aromatic rings. The van der Waals surface area contributed by atoms with Crippen LogP contribution in [-0.4, -0.2) is 39.0 Å². The van der Waals surface area contributed by atoms with Crippen LogP contribution in [0.4, 0.5) is 0 Å². The Morgan fingerprint density at radius 3 is 1.53 bits per heavy atom. The number of nitrogens with zero attached hydrogens (tertiary/aromatic N) is 6. The van der Waals surface area contributed by atoms with Crippen LogP contribution in [0.1, 0.15) is 85.5 Å². The van der Waals surface area contributed by atoms with Crippen molar-refractivity contribution in [2.45, 2.75) is 95.3 Å². The van der Waals surface area contributed by atoms with Crippen LogP contribution < -0.4 is 0 Å². The fourth-order valence-corrected chi connectivity index (χ4v) is 19.3. The molecule has 1 aliphatic rings.